The van der Waals surface area contributed by atoms with Crippen molar-refractivity contribution in [2.45, 2.75) is 36.6 Å². The molecular weight excluding hydrogens is 629 g/mol. The van der Waals surface area contributed by atoms with Gasteiger partial charge < -0.3 is 14.4 Å². The van der Waals surface area contributed by atoms with Crippen LogP contribution in [-0.2, 0) is 31.5 Å². The van der Waals surface area contributed by atoms with E-state index >= 15 is 0 Å². The van der Waals surface area contributed by atoms with Crippen LogP contribution >= 0.6 is 11.3 Å². The first-order chi connectivity index (χ1) is 22.1. The number of ether oxygens (including phenoxy) is 2. The van der Waals surface area contributed by atoms with Crippen molar-refractivity contribution in [3.63, 3.8) is 0 Å². The predicted molar refractivity (Wildman–Crippen MR) is 176 cm³/mol. The molecule has 4 heterocycles. The first kappa shape index (κ1) is 31.9. The van der Waals surface area contributed by atoms with Gasteiger partial charge in [-0.05, 0) is 48.2 Å². The van der Waals surface area contributed by atoms with Crippen molar-refractivity contribution in [3.8, 4) is 5.88 Å². The fraction of sp³-hybridized carbons (Fsp3) is 0.375. The highest BCUT2D eigenvalue weighted by molar-refractivity contribution is 7.89. The van der Waals surface area contributed by atoms with Gasteiger partial charge in [0.2, 0.25) is 21.8 Å². The van der Waals surface area contributed by atoms with Gasteiger partial charge in [0.1, 0.15) is 10.3 Å². The van der Waals surface area contributed by atoms with Crippen LogP contribution in [0.1, 0.15) is 30.9 Å². The molecule has 2 aromatic heterocycles. The summed E-state index contributed by atoms with van der Waals surface area (Å²) >= 11 is 1.23. The minimum atomic E-state index is -3.93. The lowest BCUT2D eigenvalue weighted by Gasteiger charge is -2.26. The maximum Gasteiger partial charge on any atom is 0.328 e. The first-order valence-electron chi connectivity index (χ1n) is 15.0. The molecule has 4 aromatic rings. The van der Waals surface area contributed by atoms with Gasteiger partial charge in [0.25, 0.3) is 0 Å². The van der Waals surface area contributed by atoms with Gasteiger partial charge in [0.15, 0.2) is 5.13 Å². The lowest BCUT2D eigenvalue weighted by atomic mass is 9.81. The number of aromatic nitrogens is 2. The van der Waals surface area contributed by atoms with Crippen LogP contribution in [0.5, 0.6) is 5.88 Å². The summed E-state index contributed by atoms with van der Waals surface area (Å²) in [6.07, 6.45) is 1.13. The van der Waals surface area contributed by atoms with Crippen molar-refractivity contribution in [3.05, 3.63) is 71.8 Å². The van der Waals surface area contributed by atoms with Crippen molar-refractivity contribution >= 4 is 54.5 Å². The number of nitrogens with one attached hydrogen (secondary N) is 1. The average Bonchev–Trinajstić information content (AvgIpc) is 3.76. The number of hydrogen-bond acceptors (Lipinski definition) is 9. The molecule has 12 nitrogen and oxygen atoms in total. The van der Waals surface area contributed by atoms with Crippen LogP contribution in [0.3, 0.4) is 0 Å². The van der Waals surface area contributed by atoms with Crippen molar-refractivity contribution in [2.75, 3.05) is 57.2 Å². The monoisotopic (exact) mass is 664 g/mol. The Bertz CT molecular complexity index is 1870. The molecule has 2 aliphatic rings. The largest absolute Gasteiger partial charge is 0.481 e. The van der Waals surface area contributed by atoms with E-state index in [1.54, 1.807) is 47.2 Å². The Hall–Kier alpha value is -4.11. The highest BCUT2D eigenvalue weighted by Crippen LogP contribution is 2.47. The molecule has 1 atom stereocenters. The predicted octanol–water partition coefficient (Wildman–Crippen LogP) is 4.47. The zero-order chi connectivity index (χ0) is 32.5. The SMILES string of the molecule is COCCCN(Cc1ccccc1)S(=O)(=O)c1ccc2c(c1)C1(CCN(C(C)=O)C1)CN2C(=O)Nc1nc2ccc(OC)nc2s1. The van der Waals surface area contributed by atoms with Crippen LogP contribution in [0.2, 0.25) is 0 Å². The first-order valence-corrected chi connectivity index (χ1v) is 17.2. The average molecular weight is 665 g/mol. The molecule has 1 saturated heterocycles. The van der Waals surface area contributed by atoms with Crippen LogP contribution < -0.4 is 15.0 Å². The third-order valence-electron chi connectivity index (χ3n) is 8.58. The fourth-order valence-corrected chi connectivity index (χ4v) is 8.52. The summed E-state index contributed by atoms with van der Waals surface area (Å²) < 4.78 is 40.3. The number of amides is 3. The number of sulfonamides is 1. The van der Waals surface area contributed by atoms with E-state index in [9.17, 15) is 18.0 Å². The molecule has 0 aliphatic carbocycles. The van der Waals surface area contributed by atoms with Crippen molar-refractivity contribution in [2.24, 2.45) is 0 Å². The molecule has 1 N–H and O–H groups in total. The smallest absolute Gasteiger partial charge is 0.328 e. The summed E-state index contributed by atoms with van der Waals surface area (Å²) in [5.74, 6) is 0.391. The maximum atomic E-state index is 14.2. The Morgan fingerprint density at radius 3 is 2.59 bits per heavy atom. The third kappa shape index (κ3) is 6.17. The Labute approximate surface area is 272 Å². The number of carbonyl (C=O) groups is 2. The second-order valence-electron chi connectivity index (χ2n) is 11.5. The Morgan fingerprint density at radius 2 is 1.87 bits per heavy atom. The second kappa shape index (κ2) is 12.9. The quantitative estimate of drug-likeness (QED) is 0.246. The number of anilines is 2. The highest BCUT2D eigenvalue weighted by atomic mass is 32.2. The molecular formula is C32H36N6O6S2. The van der Waals surface area contributed by atoms with E-state index in [-0.39, 0.29) is 23.9 Å². The zero-order valence-corrected chi connectivity index (χ0v) is 27.6. The number of pyridine rings is 1. The summed E-state index contributed by atoms with van der Waals surface area (Å²) in [5.41, 5.74) is 2.23. The normalized spacial score (nSPS) is 17.7. The number of carbonyl (C=O) groups excluding carboxylic acids is 2. The molecule has 2 aromatic carbocycles. The van der Waals surface area contributed by atoms with Crippen LogP contribution in [-0.4, -0.2) is 86.5 Å². The molecule has 2 aliphatic heterocycles. The molecule has 0 radical (unpaired) electrons. The van der Waals surface area contributed by atoms with Gasteiger partial charge in [0.05, 0.1) is 12.0 Å². The molecule has 0 bridgehead atoms. The van der Waals surface area contributed by atoms with Gasteiger partial charge in [-0.3, -0.25) is 15.0 Å². The van der Waals surface area contributed by atoms with Gasteiger partial charge in [-0.2, -0.15) is 4.31 Å². The number of rotatable bonds is 10. The molecule has 1 spiro atoms. The van der Waals surface area contributed by atoms with Crippen LogP contribution in [0, 0.1) is 0 Å². The van der Waals surface area contributed by atoms with Gasteiger partial charge in [0, 0.05) is 70.5 Å². The second-order valence-corrected chi connectivity index (χ2v) is 14.4. The van der Waals surface area contributed by atoms with E-state index in [1.165, 1.54) is 29.7 Å². The Balaban J connectivity index is 1.34. The number of likely N-dealkylation sites (tertiary alicyclic amines) is 1. The Morgan fingerprint density at radius 1 is 1.07 bits per heavy atom. The van der Waals surface area contributed by atoms with E-state index in [0.29, 0.717) is 66.1 Å². The molecule has 1 unspecified atom stereocenters. The van der Waals surface area contributed by atoms with E-state index in [0.717, 1.165) is 11.1 Å². The summed E-state index contributed by atoms with van der Waals surface area (Å²) in [5, 5.41) is 3.29. The van der Waals surface area contributed by atoms with Crippen molar-refractivity contribution in [1.29, 1.82) is 0 Å². The lowest BCUT2D eigenvalue weighted by Crippen LogP contribution is -2.41. The van der Waals surface area contributed by atoms with Crippen molar-refractivity contribution < 1.29 is 27.5 Å². The summed E-state index contributed by atoms with van der Waals surface area (Å²) in [7, 11) is -0.804. The minimum Gasteiger partial charge on any atom is -0.481 e. The summed E-state index contributed by atoms with van der Waals surface area (Å²) in [6, 6.07) is 17.5. The van der Waals surface area contributed by atoms with Crippen LogP contribution in [0.15, 0.2) is 65.6 Å². The number of nitrogens with zero attached hydrogens (tertiary/aromatic N) is 5. The highest BCUT2D eigenvalue weighted by Gasteiger charge is 2.50. The van der Waals surface area contributed by atoms with E-state index in [2.05, 4.69) is 15.3 Å². The fourth-order valence-electron chi connectivity index (χ4n) is 6.21. The number of hydrogen-bond donors (Lipinski definition) is 1. The van der Waals surface area contributed by atoms with Gasteiger partial charge in [-0.15, -0.1) is 0 Å². The van der Waals surface area contributed by atoms with E-state index < -0.39 is 21.5 Å². The molecule has 1 fully saturated rings. The number of urea groups is 1. The molecule has 3 amide bonds. The summed E-state index contributed by atoms with van der Waals surface area (Å²) in [6.45, 7) is 3.64. The minimum absolute atomic E-state index is 0.0605. The topological polar surface area (TPSA) is 134 Å². The zero-order valence-electron chi connectivity index (χ0n) is 25.9. The van der Waals surface area contributed by atoms with Crippen molar-refractivity contribution in [1.82, 2.24) is 19.2 Å². The molecule has 14 heteroatoms. The standard InChI is InChI=1S/C32H36N6O6S2/c1-22(39)36-16-14-32(20-36)21-38(31(40)35-30-33-26-11-13-28(44-3)34-29(26)45-30)27-12-10-24(18-25(27)32)46(41,42)37(15-7-17-43-2)19-23-8-5-4-6-9-23/h4-6,8-13,18H,7,14-17,19-21H2,1-3H3,(H,33,35,40). The number of fused-ring (bicyclic) bond motifs is 3. The third-order valence-corrected chi connectivity index (χ3v) is 11.3. The van der Waals surface area contributed by atoms with Crippen LogP contribution in [0.25, 0.3) is 10.3 Å². The van der Waals surface area contributed by atoms with Gasteiger partial charge in [-0.25, -0.2) is 23.2 Å². The number of thiazole rings is 1. The Kier molecular flexibility index (Phi) is 8.97. The van der Waals surface area contributed by atoms with Crippen LogP contribution in [0.4, 0.5) is 15.6 Å². The maximum absolute atomic E-state index is 14.2. The van der Waals surface area contributed by atoms with E-state index in [4.69, 9.17) is 9.47 Å². The van der Waals surface area contributed by atoms with Gasteiger partial charge in [-0.1, -0.05) is 41.7 Å². The molecule has 0 saturated carbocycles. The summed E-state index contributed by atoms with van der Waals surface area (Å²) in [4.78, 5) is 39.2. The van der Waals surface area contributed by atoms with E-state index in [1.807, 2.05) is 30.3 Å². The lowest BCUT2D eigenvalue weighted by molar-refractivity contribution is -0.127. The molecule has 46 heavy (non-hydrogen) atoms. The molecule has 6 rings (SSSR count). The number of benzene rings is 2. The number of methoxy groups -OCH3 is 2. The van der Waals surface area contributed by atoms with Gasteiger partial charge >= 0.3 is 6.03 Å². The molecule has 242 valence electrons.